The van der Waals surface area contributed by atoms with Gasteiger partial charge in [-0.2, -0.15) is 4.52 Å². The van der Waals surface area contributed by atoms with Crippen LogP contribution in [0.5, 0.6) is 0 Å². The second-order valence-electron chi connectivity index (χ2n) is 7.48. The van der Waals surface area contributed by atoms with Crippen LogP contribution in [0.4, 0.5) is 11.5 Å². The highest BCUT2D eigenvalue weighted by molar-refractivity contribution is 5.60. The second-order valence-corrected chi connectivity index (χ2v) is 7.48. The Bertz CT molecular complexity index is 1080. The summed E-state index contributed by atoms with van der Waals surface area (Å²) in [4.78, 5) is 13.4. The van der Waals surface area contributed by atoms with E-state index < -0.39 is 0 Å². The van der Waals surface area contributed by atoms with Crippen molar-refractivity contribution < 1.29 is 0 Å². The van der Waals surface area contributed by atoms with Crippen molar-refractivity contribution in [1.82, 2.24) is 33.9 Å². The van der Waals surface area contributed by atoms with Gasteiger partial charge in [0.1, 0.15) is 6.33 Å². The summed E-state index contributed by atoms with van der Waals surface area (Å²) in [5, 5.41) is 8.11. The fourth-order valence-electron chi connectivity index (χ4n) is 3.59. The van der Waals surface area contributed by atoms with Gasteiger partial charge in [-0.3, -0.25) is 9.47 Å². The van der Waals surface area contributed by atoms with E-state index in [2.05, 4.69) is 61.5 Å². The lowest BCUT2D eigenvalue weighted by molar-refractivity contribution is 0.148. The van der Waals surface area contributed by atoms with E-state index in [4.69, 9.17) is 0 Å². The fourth-order valence-corrected chi connectivity index (χ4v) is 3.59. The third kappa shape index (κ3) is 3.85. The molecule has 0 saturated carbocycles. The molecule has 1 aliphatic rings. The van der Waals surface area contributed by atoms with Crippen molar-refractivity contribution in [2.24, 2.45) is 0 Å². The van der Waals surface area contributed by atoms with Crippen LogP contribution in [-0.2, 0) is 6.54 Å². The number of hydrogen-bond donors (Lipinski definition) is 1. The van der Waals surface area contributed by atoms with E-state index in [9.17, 15) is 0 Å². The van der Waals surface area contributed by atoms with Crippen LogP contribution >= 0.6 is 0 Å². The van der Waals surface area contributed by atoms with Gasteiger partial charge in [-0.1, -0.05) is 12.1 Å². The Hall–Kier alpha value is -3.23. The van der Waals surface area contributed by atoms with Crippen LogP contribution in [-0.4, -0.2) is 67.2 Å². The van der Waals surface area contributed by atoms with Crippen LogP contribution in [0.2, 0.25) is 0 Å². The summed E-state index contributed by atoms with van der Waals surface area (Å²) < 4.78 is 3.68. The van der Waals surface area contributed by atoms with Gasteiger partial charge < -0.3 is 10.2 Å². The SMILES string of the molecule is CN1CCN(Cc2ccc(Nc3cnc4ccc(-n5ccnc5)nn34)cc2)CC1. The van der Waals surface area contributed by atoms with Gasteiger partial charge in [-0.05, 0) is 36.9 Å². The molecule has 3 aromatic heterocycles. The summed E-state index contributed by atoms with van der Waals surface area (Å²) in [6.45, 7) is 5.54. The number of hydrogen-bond acceptors (Lipinski definition) is 6. The molecule has 5 rings (SSSR count). The monoisotopic (exact) mass is 388 g/mol. The minimum absolute atomic E-state index is 0.790. The molecule has 0 amide bonds. The standard InChI is InChI=1S/C21H24N8/c1-26-10-12-27(13-11-26)15-17-2-4-18(5-3-17)24-21-14-23-19-6-7-20(25-29(19)21)28-9-8-22-16-28/h2-9,14,16,24H,10-13,15H2,1H3. The van der Waals surface area contributed by atoms with E-state index in [0.29, 0.717) is 0 Å². The van der Waals surface area contributed by atoms with Gasteiger partial charge in [0.25, 0.3) is 0 Å². The highest BCUT2D eigenvalue weighted by atomic mass is 15.3. The Balaban J connectivity index is 1.31. The van der Waals surface area contributed by atoms with Crippen molar-refractivity contribution in [3.8, 4) is 5.82 Å². The number of rotatable bonds is 5. The van der Waals surface area contributed by atoms with E-state index >= 15 is 0 Å². The molecule has 0 unspecified atom stereocenters. The molecule has 0 atom stereocenters. The average molecular weight is 388 g/mol. The number of fused-ring (bicyclic) bond motifs is 1. The Morgan fingerprint density at radius 1 is 1.00 bits per heavy atom. The number of piperazine rings is 1. The number of benzene rings is 1. The number of nitrogens with one attached hydrogen (secondary N) is 1. The van der Waals surface area contributed by atoms with Crippen LogP contribution in [0.15, 0.2) is 61.3 Å². The van der Waals surface area contributed by atoms with Gasteiger partial charge in [-0.15, -0.1) is 5.10 Å². The maximum Gasteiger partial charge on any atom is 0.159 e. The first-order chi connectivity index (χ1) is 14.2. The van der Waals surface area contributed by atoms with Gasteiger partial charge in [0.15, 0.2) is 17.3 Å². The van der Waals surface area contributed by atoms with Crippen molar-refractivity contribution in [2.75, 3.05) is 38.5 Å². The molecule has 4 aromatic rings. The Morgan fingerprint density at radius 2 is 1.83 bits per heavy atom. The van der Waals surface area contributed by atoms with E-state index in [1.165, 1.54) is 5.56 Å². The number of aromatic nitrogens is 5. The second kappa shape index (κ2) is 7.65. The van der Waals surface area contributed by atoms with Crippen molar-refractivity contribution in [3.63, 3.8) is 0 Å². The third-order valence-electron chi connectivity index (χ3n) is 5.35. The topological polar surface area (TPSA) is 66.5 Å². The highest BCUT2D eigenvalue weighted by Gasteiger charge is 2.14. The van der Waals surface area contributed by atoms with Crippen molar-refractivity contribution in [3.05, 3.63) is 66.9 Å². The first-order valence-electron chi connectivity index (χ1n) is 9.84. The zero-order valence-corrected chi connectivity index (χ0v) is 16.4. The van der Waals surface area contributed by atoms with Crippen molar-refractivity contribution >= 4 is 17.2 Å². The number of imidazole rings is 2. The Kier molecular flexibility index (Phi) is 4.71. The van der Waals surface area contributed by atoms with Gasteiger partial charge >= 0.3 is 0 Å². The molecule has 0 bridgehead atoms. The zero-order chi connectivity index (χ0) is 19.6. The van der Waals surface area contributed by atoms with Crippen LogP contribution in [0.25, 0.3) is 11.5 Å². The van der Waals surface area contributed by atoms with E-state index in [1.54, 1.807) is 18.7 Å². The average Bonchev–Trinajstić information content (AvgIpc) is 3.41. The predicted octanol–water partition coefficient (Wildman–Crippen LogP) is 2.41. The molecule has 0 spiro atoms. The lowest BCUT2D eigenvalue weighted by Crippen LogP contribution is -2.43. The fraction of sp³-hybridized carbons (Fsp3) is 0.286. The molecule has 1 aromatic carbocycles. The largest absolute Gasteiger partial charge is 0.339 e. The van der Waals surface area contributed by atoms with E-state index in [1.807, 2.05) is 27.4 Å². The molecule has 1 fully saturated rings. The Morgan fingerprint density at radius 3 is 2.59 bits per heavy atom. The molecule has 8 nitrogen and oxygen atoms in total. The van der Waals surface area contributed by atoms with E-state index in [0.717, 1.165) is 55.7 Å². The van der Waals surface area contributed by atoms with Crippen LogP contribution in [0.1, 0.15) is 5.56 Å². The van der Waals surface area contributed by atoms with Crippen molar-refractivity contribution in [2.45, 2.75) is 6.54 Å². The summed E-state index contributed by atoms with van der Waals surface area (Å²) in [7, 11) is 2.19. The van der Waals surface area contributed by atoms with E-state index in [-0.39, 0.29) is 0 Å². The van der Waals surface area contributed by atoms with Crippen LogP contribution in [0, 0.1) is 0 Å². The summed E-state index contributed by atoms with van der Waals surface area (Å²) in [6, 6.07) is 12.5. The normalized spacial score (nSPS) is 15.8. The third-order valence-corrected chi connectivity index (χ3v) is 5.35. The lowest BCUT2D eigenvalue weighted by Gasteiger charge is -2.32. The summed E-state index contributed by atoms with van der Waals surface area (Å²) in [6.07, 6.45) is 7.15. The summed E-state index contributed by atoms with van der Waals surface area (Å²) in [5.74, 6) is 1.62. The number of nitrogens with zero attached hydrogens (tertiary/aromatic N) is 7. The lowest BCUT2D eigenvalue weighted by atomic mass is 10.2. The molecule has 1 N–H and O–H groups in total. The molecular formula is C21H24N8. The van der Waals surface area contributed by atoms with Gasteiger partial charge in [0.2, 0.25) is 0 Å². The molecule has 1 saturated heterocycles. The maximum absolute atomic E-state index is 4.68. The first-order valence-corrected chi connectivity index (χ1v) is 9.84. The minimum atomic E-state index is 0.790. The van der Waals surface area contributed by atoms with Gasteiger partial charge in [0.05, 0.1) is 6.20 Å². The smallest absolute Gasteiger partial charge is 0.159 e. The zero-order valence-electron chi connectivity index (χ0n) is 16.4. The number of anilines is 2. The molecule has 0 aliphatic carbocycles. The minimum Gasteiger partial charge on any atom is -0.339 e. The molecular weight excluding hydrogens is 364 g/mol. The van der Waals surface area contributed by atoms with Crippen molar-refractivity contribution in [1.29, 1.82) is 0 Å². The summed E-state index contributed by atoms with van der Waals surface area (Å²) >= 11 is 0. The molecule has 29 heavy (non-hydrogen) atoms. The van der Waals surface area contributed by atoms with Gasteiger partial charge in [-0.25, -0.2) is 9.97 Å². The molecule has 8 heteroatoms. The van der Waals surface area contributed by atoms with Crippen LogP contribution < -0.4 is 5.32 Å². The van der Waals surface area contributed by atoms with Gasteiger partial charge in [0, 0.05) is 50.8 Å². The first kappa shape index (κ1) is 17.8. The quantitative estimate of drug-likeness (QED) is 0.566. The molecule has 0 radical (unpaired) electrons. The summed E-state index contributed by atoms with van der Waals surface area (Å²) in [5.41, 5.74) is 3.14. The van der Waals surface area contributed by atoms with Crippen LogP contribution in [0.3, 0.4) is 0 Å². The maximum atomic E-state index is 4.68. The molecule has 1 aliphatic heterocycles. The Labute approximate surface area is 169 Å². The molecule has 4 heterocycles. The predicted molar refractivity (Wildman–Crippen MR) is 113 cm³/mol. The molecule has 148 valence electrons. The highest BCUT2D eigenvalue weighted by Crippen LogP contribution is 2.19. The number of likely N-dealkylation sites (N-methyl/N-ethyl adjacent to an activating group) is 1.